The van der Waals surface area contributed by atoms with Crippen LogP contribution in [-0.4, -0.2) is 46.8 Å². The van der Waals surface area contributed by atoms with E-state index < -0.39 is 0 Å². The van der Waals surface area contributed by atoms with Crippen LogP contribution in [0.3, 0.4) is 0 Å². The maximum atomic E-state index is 5.07. The molecule has 152 valence electrons. The molecule has 28 heavy (non-hydrogen) atoms. The molecule has 2 aromatic rings. The smallest absolute Gasteiger partial charge is 0.193 e. The van der Waals surface area contributed by atoms with Crippen molar-refractivity contribution < 1.29 is 0 Å². The fourth-order valence-corrected chi connectivity index (χ4v) is 4.79. The van der Waals surface area contributed by atoms with Gasteiger partial charge in [0, 0.05) is 48.7 Å². The Labute approximate surface area is 193 Å². The summed E-state index contributed by atoms with van der Waals surface area (Å²) in [7, 11) is 1.98. The van der Waals surface area contributed by atoms with Gasteiger partial charge in [-0.1, -0.05) is 34.1 Å². The van der Waals surface area contributed by atoms with Gasteiger partial charge in [0.05, 0.1) is 12.7 Å². The molecule has 1 unspecified atom stereocenters. The highest BCUT2D eigenvalue weighted by atomic mass is 127. The lowest BCUT2D eigenvalue weighted by molar-refractivity contribution is 0.483. The van der Waals surface area contributed by atoms with Crippen LogP contribution in [-0.2, 0) is 12.5 Å². The molecule has 1 aromatic carbocycles. The van der Waals surface area contributed by atoms with Crippen LogP contribution in [0.25, 0.3) is 0 Å². The first kappa shape index (κ1) is 21.6. The number of aryl methyl sites for hydroxylation is 1. The third-order valence-electron chi connectivity index (χ3n) is 5.85. The van der Waals surface area contributed by atoms with E-state index in [1.807, 2.05) is 17.9 Å². The summed E-state index contributed by atoms with van der Waals surface area (Å²) < 4.78 is 3.10. The summed E-state index contributed by atoms with van der Waals surface area (Å²) in [6, 6.07) is 8.60. The van der Waals surface area contributed by atoms with Gasteiger partial charge in [-0.3, -0.25) is 9.67 Å². The highest BCUT2D eigenvalue weighted by molar-refractivity contribution is 14.0. The van der Waals surface area contributed by atoms with E-state index in [-0.39, 0.29) is 29.4 Å². The summed E-state index contributed by atoms with van der Waals surface area (Å²) >= 11 is 3.73. The second kappa shape index (κ2) is 9.15. The van der Waals surface area contributed by atoms with Crippen LogP contribution in [0.4, 0.5) is 0 Å². The number of halogens is 2. The van der Waals surface area contributed by atoms with Crippen molar-refractivity contribution in [2.24, 2.45) is 12.0 Å². The van der Waals surface area contributed by atoms with Crippen molar-refractivity contribution in [3.05, 3.63) is 52.3 Å². The lowest BCUT2D eigenvalue weighted by Crippen LogP contribution is -2.40. The highest BCUT2D eigenvalue weighted by Gasteiger charge is 2.45. The fourth-order valence-electron chi connectivity index (χ4n) is 4.08. The van der Waals surface area contributed by atoms with Gasteiger partial charge in [0.1, 0.15) is 0 Å². The largest absolute Gasteiger partial charge is 0.357 e. The van der Waals surface area contributed by atoms with Crippen molar-refractivity contribution in [2.75, 3.05) is 26.2 Å². The van der Waals surface area contributed by atoms with Crippen LogP contribution in [0.15, 0.2) is 46.1 Å². The number of likely N-dealkylation sites (tertiary alicyclic amines) is 1. The number of nitrogens with one attached hydrogen (secondary N) is 1. The Balaban J connectivity index is 0.00000225. The summed E-state index contributed by atoms with van der Waals surface area (Å²) in [6.45, 7) is 5.96. The first-order chi connectivity index (χ1) is 13.1. The van der Waals surface area contributed by atoms with Gasteiger partial charge < -0.3 is 10.2 Å². The number of benzene rings is 1. The molecule has 0 amide bonds. The second-order valence-electron chi connectivity index (χ2n) is 7.81. The average Bonchev–Trinajstić information content (AvgIpc) is 3.07. The molecule has 0 radical (unpaired) electrons. The molecule has 1 saturated heterocycles. The van der Waals surface area contributed by atoms with Gasteiger partial charge in [0.25, 0.3) is 0 Å². The maximum Gasteiger partial charge on any atom is 0.193 e. The van der Waals surface area contributed by atoms with Crippen LogP contribution in [0.5, 0.6) is 0 Å². The number of hydrogen-bond acceptors (Lipinski definition) is 2. The van der Waals surface area contributed by atoms with E-state index in [9.17, 15) is 0 Å². The zero-order valence-electron chi connectivity index (χ0n) is 16.6. The Hall–Kier alpha value is -1.09. The second-order valence-corrected chi connectivity index (χ2v) is 8.66. The molecule has 4 rings (SSSR count). The minimum Gasteiger partial charge on any atom is -0.357 e. The standard InChI is InChI=1S/C21H28BrN5.HI/c1-3-23-20(27-11-8-16(14-27)17-12-25-26(2)13-17)24-15-21(9-10-21)18-6-4-5-7-19(18)22;/h4-7,12-13,16H,3,8-11,14-15H2,1-2H3,(H,23,24);1H. The Morgan fingerprint density at radius 3 is 2.79 bits per heavy atom. The van der Waals surface area contributed by atoms with E-state index in [0.717, 1.165) is 38.6 Å². The van der Waals surface area contributed by atoms with Gasteiger partial charge in [0.2, 0.25) is 0 Å². The molecule has 1 aromatic heterocycles. The van der Waals surface area contributed by atoms with Gasteiger partial charge >= 0.3 is 0 Å². The minimum atomic E-state index is 0. The third kappa shape index (κ3) is 4.56. The Kier molecular flexibility index (Phi) is 7.07. The zero-order chi connectivity index (χ0) is 18.9. The molecule has 2 heterocycles. The molecule has 1 aliphatic carbocycles. The lowest BCUT2D eigenvalue weighted by Gasteiger charge is -2.23. The number of rotatable bonds is 5. The van der Waals surface area contributed by atoms with E-state index in [4.69, 9.17) is 4.99 Å². The summed E-state index contributed by atoms with van der Waals surface area (Å²) in [5.74, 6) is 1.60. The molecule has 0 bridgehead atoms. The SMILES string of the molecule is CCNC(=NCC1(c2ccccc2Br)CC1)N1CCC(c2cnn(C)c2)C1.I. The van der Waals surface area contributed by atoms with Crippen molar-refractivity contribution in [1.82, 2.24) is 20.0 Å². The molecule has 1 atom stereocenters. The summed E-state index contributed by atoms with van der Waals surface area (Å²) in [4.78, 5) is 7.48. The van der Waals surface area contributed by atoms with Crippen LogP contribution in [0.2, 0.25) is 0 Å². The topological polar surface area (TPSA) is 45.5 Å². The Morgan fingerprint density at radius 1 is 1.36 bits per heavy atom. The zero-order valence-corrected chi connectivity index (χ0v) is 20.5. The van der Waals surface area contributed by atoms with E-state index in [0.29, 0.717) is 5.92 Å². The van der Waals surface area contributed by atoms with E-state index in [1.54, 1.807) is 0 Å². The van der Waals surface area contributed by atoms with Gasteiger partial charge in [-0.2, -0.15) is 5.10 Å². The van der Waals surface area contributed by atoms with Gasteiger partial charge in [-0.05, 0) is 43.4 Å². The van der Waals surface area contributed by atoms with Crippen LogP contribution >= 0.6 is 39.9 Å². The molecule has 1 N–H and O–H groups in total. The van der Waals surface area contributed by atoms with E-state index in [2.05, 4.69) is 68.6 Å². The van der Waals surface area contributed by atoms with E-state index >= 15 is 0 Å². The summed E-state index contributed by atoms with van der Waals surface area (Å²) in [5.41, 5.74) is 2.95. The van der Waals surface area contributed by atoms with Crippen LogP contribution in [0.1, 0.15) is 43.2 Å². The summed E-state index contributed by atoms with van der Waals surface area (Å²) in [5, 5.41) is 7.85. The highest BCUT2D eigenvalue weighted by Crippen LogP contribution is 2.50. The first-order valence-corrected chi connectivity index (χ1v) is 10.7. The predicted molar refractivity (Wildman–Crippen MR) is 129 cm³/mol. The third-order valence-corrected chi connectivity index (χ3v) is 6.54. The Morgan fingerprint density at radius 2 is 2.14 bits per heavy atom. The van der Waals surface area contributed by atoms with Crippen molar-refractivity contribution in [3.8, 4) is 0 Å². The monoisotopic (exact) mass is 557 g/mol. The molecule has 2 fully saturated rings. The number of aliphatic imine (C=N–C) groups is 1. The number of aromatic nitrogens is 2. The van der Waals surface area contributed by atoms with Crippen molar-refractivity contribution >= 4 is 45.9 Å². The quantitative estimate of drug-likeness (QED) is 0.339. The molecule has 2 aliphatic rings. The fraction of sp³-hybridized carbons (Fsp3) is 0.524. The minimum absolute atomic E-state index is 0. The van der Waals surface area contributed by atoms with Crippen molar-refractivity contribution in [3.63, 3.8) is 0 Å². The molecule has 1 saturated carbocycles. The molecular weight excluding hydrogens is 529 g/mol. The van der Waals surface area contributed by atoms with Gasteiger partial charge in [-0.25, -0.2) is 0 Å². The lowest BCUT2D eigenvalue weighted by atomic mass is 9.96. The number of guanidine groups is 1. The normalized spacial score (nSPS) is 20.8. The molecular formula is C21H29BrIN5. The molecule has 0 spiro atoms. The molecule has 7 heteroatoms. The predicted octanol–water partition coefficient (Wildman–Crippen LogP) is 4.29. The first-order valence-electron chi connectivity index (χ1n) is 9.88. The average molecular weight is 558 g/mol. The van der Waals surface area contributed by atoms with Crippen LogP contribution in [0, 0.1) is 0 Å². The van der Waals surface area contributed by atoms with Crippen molar-refractivity contribution in [1.29, 1.82) is 0 Å². The molecule has 5 nitrogen and oxygen atoms in total. The Bertz CT molecular complexity index is 830. The maximum absolute atomic E-state index is 5.07. The molecule has 1 aliphatic heterocycles. The van der Waals surface area contributed by atoms with Crippen LogP contribution < -0.4 is 5.32 Å². The number of nitrogens with zero attached hydrogens (tertiary/aromatic N) is 4. The van der Waals surface area contributed by atoms with Crippen molar-refractivity contribution in [2.45, 2.75) is 37.5 Å². The summed E-state index contributed by atoms with van der Waals surface area (Å²) in [6.07, 6.45) is 7.74. The van der Waals surface area contributed by atoms with Gasteiger partial charge in [0.15, 0.2) is 5.96 Å². The van der Waals surface area contributed by atoms with E-state index in [1.165, 1.54) is 28.4 Å². The number of hydrogen-bond donors (Lipinski definition) is 1. The van der Waals surface area contributed by atoms with Gasteiger partial charge in [-0.15, -0.1) is 24.0 Å².